The minimum Gasteiger partial charge on any atom is -0.496 e. The van der Waals surface area contributed by atoms with Crippen molar-refractivity contribution in [2.45, 2.75) is 44.4 Å². The third-order valence-electron chi connectivity index (χ3n) is 5.75. The fourth-order valence-corrected chi connectivity index (χ4v) is 4.78. The number of aliphatic hydroxyl groups excluding tert-OH is 1. The molecule has 1 aliphatic carbocycles. The number of benzene rings is 2. The molecule has 4 rings (SSSR count). The fraction of sp³-hybridized carbons (Fsp3) is 0.381. The molecule has 1 aliphatic rings. The van der Waals surface area contributed by atoms with Crippen LogP contribution < -0.4 is 10.4 Å². The van der Waals surface area contributed by atoms with Gasteiger partial charge in [0, 0.05) is 18.2 Å². The number of rotatable bonds is 5. The molecule has 1 heterocycles. The van der Waals surface area contributed by atoms with Gasteiger partial charge in [-0.15, -0.1) is 0 Å². The topological polar surface area (TPSA) is 99.5 Å². The van der Waals surface area contributed by atoms with Crippen molar-refractivity contribution in [3.05, 3.63) is 67.0 Å². The Morgan fingerprint density at radius 2 is 1.90 bits per heavy atom. The van der Waals surface area contributed by atoms with Gasteiger partial charge in [-0.1, -0.05) is 6.07 Å². The third kappa shape index (κ3) is 3.75. The minimum absolute atomic E-state index is 0.0336. The van der Waals surface area contributed by atoms with Crippen LogP contribution >= 0.6 is 15.9 Å². The Kier molecular flexibility index (Phi) is 5.66. The molecule has 0 amide bonds. The highest BCUT2D eigenvalue weighted by Crippen LogP contribution is 2.32. The average molecular weight is 476 g/mol. The van der Waals surface area contributed by atoms with Gasteiger partial charge < -0.3 is 9.84 Å². The number of non-ortho nitro benzene ring substituents is 1. The number of aliphatic hydroxyl groups is 1. The zero-order valence-corrected chi connectivity index (χ0v) is 18.0. The maximum absolute atomic E-state index is 13.4. The summed E-state index contributed by atoms with van der Waals surface area (Å²) in [6, 6.07) is 10.1. The number of nitro benzene ring substituents is 1. The normalized spacial score (nSPS) is 19.2. The van der Waals surface area contributed by atoms with Crippen LogP contribution in [0.15, 0.2) is 45.7 Å². The van der Waals surface area contributed by atoms with Gasteiger partial charge in [0.15, 0.2) is 0 Å². The molecule has 3 aromatic rings. The van der Waals surface area contributed by atoms with Crippen molar-refractivity contribution in [2.24, 2.45) is 0 Å². The first kappa shape index (κ1) is 20.6. The lowest BCUT2D eigenvalue weighted by Gasteiger charge is -2.26. The van der Waals surface area contributed by atoms with Gasteiger partial charge in [0.2, 0.25) is 0 Å². The van der Waals surface area contributed by atoms with Crippen molar-refractivity contribution < 1.29 is 14.8 Å². The number of fused-ring (bicyclic) bond motifs is 1. The molecule has 1 aromatic heterocycles. The molecule has 0 atom stereocenters. The van der Waals surface area contributed by atoms with Gasteiger partial charge in [0.25, 0.3) is 5.69 Å². The molecular formula is C21H22BrN3O5. The Hall–Kier alpha value is -2.65. The summed E-state index contributed by atoms with van der Waals surface area (Å²) < 4.78 is 9.36. The fourth-order valence-electron chi connectivity index (χ4n) is 4.19. The maximum Gasteiger partial charge on any atom is 0.329 e. The van der Waals surface area contributed by atoms with Crippen LogP contribution in [0.1, 0.15) is 37.3 Å². The summed E-state index contributed by atoms with van der Waals surface area (Å²) in [7, 11) is 1.58. The van der Waals surface area contributed by atoms with Gasteiger partial charge in [-0.25, -0.2) is 4.79 Å². The van der Waals surface area contributed by atoms with Gasteiger partial charge in [-0.3, -0.25) is 19.2 Å². The van der Waals surface area contributed by atoms with E-state index in [4.69, 9.17) is 4.74 Å². The Balaban J connectivity index is 1.84. The molecule has 1 N–H and O–H groups in total. The van der Waals surface area contributed by atoms with E-state index in [1.165, 1.54) is 12.1 Å². The number of halogens is 1. The number of ether oxygens (including phenoxy) is 1. The number of nitrogens with zero attached hydrogens (tertiary/aromatic N) is 3. The molecule has 0 aliphatic heterocycles. The Morgan fingerprint density at radius 1 is 1.17 bits per heavy atom. The molecule has 30 heavy (non-hydrogen) atoms. The lowest BCUT2D eigenvalue weighted by molar-refractivity contribution is -0.384. The highest BCUT2D eigenvalue weighted by molar-refractivity contribution is 9.10. The lowest BCUT2D eigenvalue weighted by atomic mass is 9.93. The first-order valence-electron chi connectivity index (χ1n) is 9.78. The highest BCUT2D eigenvalue weighted by atomic mass is 79.9. The molecule has 0 bridgehead atoms. The van der Waals surface area contributed by atoms with Gasteiger partial charge in [-0.2, -0.15) is 0 Å². The Bertz CT molecular complexity index is 1160. The average Bonchev–Trinajstić information content (AvgIpc) is 3.00. The summed E-state index contributed by atoms with van der Waals surface area (Å²) in [6.45, 7) is 0.279. The van der Waals surface area contributed by atoms with Crippen LogP contribution in [0.2, 0.25) is 0 Å². The van der Waals surface area contributed by atoms with E-state index < -0.39 is 4.92 Å². The molecule has 1 saturated carbocycles. The quantitative estimate of drug-likeness (QED) is 0.443. The second kappa shape index (κ2) is 8.23. The summed E-state index contributed by atoms with van der Waals surface area (Å²) in [5, 5.41) is 21.2. The molecule has 0 spiro atoms. The largest absolute Gasteiger partial charge is 0.496 e. The molecule has 158 valence electrons. The van der Waals surface area contributed by atoms with E-state index in [9.17, 15) is 20.0 Å². The van der Waals surface area contributed by atoms with Crippen molar-refractivity contribution >= 4 is 32.7 Å². The van der Waals surface area contributed by atoms with E-state index in [1.807, 2.05) is 18.2 Å². The second-order valence-electron chi connectivity index (χ2n) is 7.60. The summed E-state index contributed by atoms with van der Waals surface area (Å²) in [5.41, 5.74) is 1.84. The molecule has 9 heteroatoms. The Labute approximate surface area is 181 Å². The lowest BCUT2D eigenvalue weighted by Crippen LogP contribution is -2.31. The number of imidazole rings is 1. The zero-order chi connectivity index (χ0) is 21.4. The molecule has 8 nitrogen and oxygen atoms in total. The maximum atomic E-state index is 13.4. The van der Waals surface area contributed by atoms with Crippen LogP contribution in [-0.2, 0) is 6.54 Å². The van der Waals surface area contributed by atoms with E-state index in [1.54, 1.807) is 22.3 Å². The van der Waals surface area contributed by atoms with E-state index in [-0.39, 0.29) is 30.1 Å². The monoisotopic (exact) mass is 475 g/mol. The molecule has 2 aromatic carbocycles. The van der Waals surface area contributed by atoms with Crippen molar-refractivity contribution in [3.63, 3.8) is 0 Å². The van der Waals surface area contributed by atoms with E-state index in [0.29, 0.717) is 42.5 Å². The van der Waals surface area contributed by atoms with Gasteiger partial charge in [0.1, 0.15) is 5.75 Å². The van der Waals surface area contributed by atoms with Crippen LogP contribution in [0, 0.1) is 10.1 Å². The number of hydrogen-bond donors (Lipinski definition) is 1. The summed E-state index contributed by atoms with van der Waals surface area (Å²) in [5.74, 6) is 0.685. The van der Waals surface area contributed by atoms with Crippen molar-refractivity contribution in [1.82, 2.24) is 9.13 Å². The van der Waals surface area contributed by atoms with Crippen LogP contribution in [-0.4, -0.2) is 32.4 Å². The first-order chi connectivity index (χ1) is 14.4. The summed E-state index contributed by atoms with van der Waals surface area (Å²) >= 11 is 3.46. The first-order valence-corrected chi connectivity index (χ1v) is 10.6. The Morgan fingerprint density at radius 3 is 2.53 bits per heavy atom. The van der Waals surface area contributed by atoms with E-state index in [0.717, 1.165) is 10.0 Å². The molecule has 1 fully saturated rings. The van der Waals surface area contributed by atoms with Crippen LogP contribution in [0.5, 0.6) is 5.75 Å². The number of hydrogen-bond acceptors (Lipinski definition) is 5. The van der Waals surface area contributed by atoms with Crippen LogP contribution in [0.3, 0.4) is 0 Å². The predicted molar refractivity (Wildman–Crippen MR) is 116 cm³/mol. The van der Waals surface area contributed by atoms with E-state index >= 15 is 0 Å². The third-order valence-corrected chi connectivity index (χ3v) is 6.37. The van der Waals surface area contributed by atoms with Gasteiger partial charge in [0.05, 0.1) is 40.2 Å². The van der Waals surface area contributed by atoms with Gasteiger partial charge in [-0.05, 0) is 65.4 Å². The van der Waals surface area contributed by atoms with Crippen LogP contribution in [0.25, 0.3) is 11.0 Å². The molecule has 0 radical (unpaired) electrons. The number of methoxy groups -OCH3 is 1. The van der Waals surface area contributed by atoms with Crippen molar-refractivity contribution in [1.29, 1.82) is 0 Å². The molecule has 0 unspecified atom stereocenters. The number of aromatic nitrogens is 2. The van der Waals surface area contributed by atoms with Crippen LogP contribution in [0.4, 0.5) is 5.69 Å². The molecule has 0 saturated heterocycles. The molecular weight excluding hydrogens is 454 g/mol. The van der Waals surface area contributed by atoms with Crippen molar-refractivity contribution in [3.8, 4) is 5.75 Å². The van der Waals surface area contributed by atoms with Gasteiger partial charge >= 0.3 is 5.69 Å². The van der Waals surface area contributed by atoms with E-state index in [2.05, 4.69) is 15.9 Å². The predicted octanol–water partition coefficient (Wildman–Crippen LogP) is 4.01. The summed E-state index contributed by atoms with van der Waals surface area (Å²) in [4.78, 5) is 24.3. The number of nitro groups is 1. The second-order valence-corrected chi connectivity index (χ2v) is 8.45. The minimum atomic E-state index is -0.452. The SMILES string of the molecule is COc1ccc(Cn2c(=O)n(C3CCC(O)CC3)c3ccc([N+](=O)[O-])cc32)cc1Br. The standard InChI is InChI=1S/C21H22BrN3O5/c1-30-20-9-2-13(10-17(20)22)12-23-19-11-15(25(28)29)5-8-18(19)24(21(23)27)14-3-6-16(26)7-4-14/h2,5,8-11,14,16,26H,3-4,6-7,12H2,1H3. The highest BCUT2D eigenvalue weighted by Gasteiger charge is 2.26. The smallest absolute Gasteiger partial charge is 0.329 e. The zero-order valence-electron chi connectivity index (χ0n) is 16.5. The van der Waals surface area contributed by atoms with Crippen molar-refractivity contribution in [2.75, 3.05) is 7.11 Å². The summed E-state index contributed by atoms with van der Waals surface area (Å²) in [6.07, 6.45) is 2.35.